The maximum Gasteiger partial charge on any atom is 0.226 e. The second-order valence-electron chi connectivity index (χ2n) is 9.30. The normalized spacial score (nSPS) is 45.6. The van der Waals surface area contributed by atoms with Crippen LogP contribution < -0.4 is 11.1 Å². The summed E-state index contributed by atoms with van der Waals surface area (Å²) >= 11 is 0. The molecule has 4 bridgehead atoms. The smallest absolute Gasteiger partial charge is 0.226 e. The number of hydrogen-bond acceptors (Lipinski definition) is 2. The lowest BCUT2D eigenvalue weighted by Gasteiger charge is -2.64. The summed E-state index contributed by atoms with van der Waals surface area (Å²) in [5.74, 6) is 1.61. The maximum absolute atomic E-state index is 12.9. The Labute approximate surface area is 129 Å². The van der Waals surface area contributed by atoms with Gasteiger partial charge in [-0.3, -0.25) is 4.79 Å². The van der Waals surface area contributed by atoms with Crippen LogP contribution in [0.1, 0.15) is 65.7 Å². The van der Waals surface area contributed by atoms with Crippen molar-refractivity contribution in [3.8, 4) is 0 Å². The van der Waals surface area contributed by atoms with Crippen molar-refractivity contribution < 1.29 is 4.79 Å². The summed E-state index contributed by atoms with van der Waals surface area (Å²) in [5.41, 5.74) is 6.36. The van der Waals surface area contributed by atoms with Crippen LogP contribution in [-0.2, 0) is 4.79 Å². The van der Waals surface area contributed by atoms with Gasteiger partial charge in [0.25, 0.3) is 0 Å². The van der Waals surface area contributed by atoms with Crippen LogP contribution in [-0.4, -0.2) is 19.0 Å². The molecule has 4 aliphatic carbocycles. The van der Waals surface area contributed by atoms with Crippen molar-refractivity contribution in [1.82, 2.24) is 5.32 Å². The van der Waals surface area contributed by atoms with Gasteiger partial charge in [0, 0.05) is 6.54 Å². The molecule has 0 aromatic heterocycles. The van der Waals surface area contributed by atoms with Crippen LogP contribution in [0.25, 0.3) is 0 Å². The molecule has 1 amide bonds. The average molecular weight is 292 g/mol. The molecular formula is C18H32N2O. The summed E-state index contributed by atoms with van der Waals surface area (Å²) in [6, 6.07) is 0. The van der Waals surface area contributed by atoms with Crippen molar-refractivity contribution in [2.45, 2.75) is 65.7 Å². The van der Waals surface area contributed by atoms with E-state index >= 15 is 0 Å². The fraction of sp³-hybridized carbons (Fsp3) is 0.944. The molecule has 4 aliphatic rings. The summed E-state index contributed by atoms with van der Waals surface area (Å²) in [6.45, 7) is 8.52. The minimum Gasteiger partial charge on any atom is -0.355 e. The molecule has 120 valence electrons. The van der Waals surface area contributed by atoms with Gasteiger partial charge in [-0.1, -0.05) is 20.8 Å². The van der Waals surface area contributed by atoms with Gasteiger partial charge in [0.05, 0.1) is 5.41 Å². The van der Waals surface area contributed by atoms with E-state index in [0.29, 0.717) is 29.2 Å². The molecule has 0 radical (unpaired) electrons. The standard InChI is InChI=1S/C18H32N2O/c1-13(4-5-19)9-20-15(21)18-8-14-6-16(2,11-18)10-17(3,7-14)12-18/h13-14H,4-12,19H2,1-3H3,(H,20,21). The SMILES string of the molecule is CC(CCN)CNC(=O)C12CC3CC(C)(CC(C)(C3)C1)C2. The third kappa shape index (κ3) is 2.74. The first-order valence-electron chi connectivity index (χ1n) is 8.77. The summed E-state index contributed by atoms with van der Waals surface area (Å²) in [6.07, 6.45) is 8.38. The predicted octanol–water partition coefficient (Wildman–Crippen LogP) is 3.08. The van der Waals surface area contributed by atoms with E-state index in [1.165, 1.54) is 19.3 Å². The highest BCUT2D eigenvalue weighted by Crippen LogP contribution is 2.69. The van der Waals surface area contributed by atoms with Gasteiger partial charge >= 0.3 is 0 Å². The quantitative estimate of drug-likeness (QED) is 0.818. The van der Waals surface area contributed by atoms with Crippen LogP contribution in [0.3, 0.4) is 0 Å². The topological polar surface area (TPSA) is 55.1 Å². The lowest BCUT2D eigenvalue weighted by Crippen LogP contribution is -2.60. The van der Waals surface area contributed by atoms with Crippen molar-refractivity contribution in [3.05, 3.63) is 0 Å². The van der Waals surface area contributed by atoms with Gasteiger partial charge in [-0.25, -0.2) is 0 Å². The molecule has 3 atom stereocenters. The van der Waals surface area contributed by atoms with Crippen LogP contribution in [0.5, 0.6) is 0 Å². The second-order valence-corrected chi connectivity index (χ2v) is 9.30. The number of rotatable bonds is 5. The van der Waals surface area contributed by atoms with E-state index in [0.717, 1.165) is 38.1 Å². The van der Waals surface area contributed by atoms with E-state index in [1.54, 1.807) is 0 Å². The van der Waals surface area contributed by atoms with Gasteiger partial charge in [-0.15, -0.1) is 0 Å². The zero-order chi connectivity index (χ0) is 15.3. The third-order valence-electron chi connectivity index (χ3n) is 6.38. The van der Waals surface area contributed by atoms with Gasteiger partial charge in [-0.05, 0) is 74.2 Å². The van der Waals surface area contributed by atoms with Crippen molar-refractivity contribution in [2.24, 2.45) is 33.8 Å². The summed E-state index contributed by atoms with van der Waals surface area (Å²) in [4.78, 5) is 12.9. The first-order chi connectivity index (χ1) is 9.78. The molecule has 3 nitrogen and oxygen atoms in total. The van der Waals surface area contributed by atoms with Crippen molar-refractivity contribution in [2.75, 3.05) is 13.1 Å². The molecule has 0 spiro atoms. The molecule has 4 saturated carbocycles. The Balaban J connectivity index is 1.71. The fourth-order valence-electron chi connectivity index (χ4n) is 6.54. The summed E-state index contributed by atoms with van der Waals surface area (Å²) in [5, 5.41) is 3.26. The number of nitrogens with two attached hydrogens (primary N) is 1. The first-order valence-corrected chi connectivity index (χ1v) is 8.77. The Hall–Kier alpha value is -0.570. The molecule has 4 fully saturated rings. The van der Waals surface area contributed by atoms with Crippen LogP contribution in [0.2, 0.25) is 0 Å². The molecule has 0 aromatic carbocycles. The monoisotopic (exact) mass is 292 g/mol. The summed E-state index contributed by atoms with van der Waals surface area (Å²) < 4.78 is 0. The molecule has 0 saturated heterocycles. The molecule has 0 aliphatic heterocycles. The molecular weight excluding hydrogens is 260 g/mol. The van der Waals surface area contributed by atoms with E-state index in [9.17, 15) is 4.79 Å². The number of hydrogen-bond donors (Lipinski definition) is 2. The van der Waals surface area contributed by atoms with E-state index in [-0.39, 0.29) is 5.41 Å². The van der Waals surface area contributed by atoms with E-state index in [4.69, 9.17) is 5.73 Å². The molecule has 21 heavy (non-hydrogen) atoms. The molecule has 3 unspecified atom stereocenters. The number of carbonyl (C=O) groups excluding carboxylic acids is 1. The maximum atomic E-state index is 12.9. The third-order valence-corrected chi connectivity index (χ3v) is 6.38. The molecule has 0 heterocycles. The highest BCUT2D eigenvalue weighted by atomic mass is 16.2. The summed E-state index contributed by atoms with van der Waals surface area (Å²) in [7, 11) is 0. The van der Waals surface area contributed by atoms with Gasteiger partial charge in [0.15, 0.2) is 0 Å². The van der Waals surface area contributed by atoms with Gasteiger partial charge in [0.1, 0.15) is 0 Å². The average Bonchev–Trinajstić information content (AvgIpc) is 2.31. The second kappa shape index (κ2) is 4.97. The Morgan fingerprint density at radius 1 is 1.19 bits per heavy atom. The van der Waals surface area contributed by atoms with Crippen molar-refractivity contribution >= 4 is 5.91 Å². The predicted molar refractivity (Wildman–Crippen MR) is 85.7 cm³/mol. The molecule has 3 heteroatoms. The highest BCUT2D eigenvalue weighted by Gasteiger charge is 2.62. The molecule has 3 N–H and O–H groups in total. The van der Waals surface area contributed by atoms with Gasteiger partial charge in [0.2, 0.25) is 5.91 Å². The zero-order valence-corrected chi connectivity index (χ0v) is 14.0. The Morgan fingerprint density at radius 3 is 2.33 bits per heavy atom. The van der Waals surface area contributed by atoms with Crippen LogP contribution in [0.15, 0.2) is 0 Å². The molecule has 4 rings (SSSR count). The van der Waals surface area contributed by atoms with Crippen LogP contribution in [0, 0.1) is 28.1 Å². The number of amides is 1. The highest BCUT2D eigenvalue weighted by molar-refractivity contribution is 5.83. The zero-order valence-electron chi connectivity index (χ0n) is 14.0. The van der Waals surface area contributed by atoms with Gasteiger partial charge in [-0.2, -0.15) is 0 Å². The Morgan fingerprint density at radius 2 is 1.81 bits per heavy atom. The van der Waals surface area contributed by atoms with Crippen molar-refractivity contribution in [1.29, 1.82) is 0 Å². The van der Waals surface area contributed by atoms with Crippen LogP contribution in [0.4, 0.5) is 0 Å². The first kappa shape index (κ1) is 15.3. The fourth-order valence-corrected chi connectivity index (χ4v) is 6.54. The van der Waals surface area contributed by atoms with Gasteiger partial charge < -0.3 is 11.1 Å². The van der Waals surface area contributed by atoms with Crippen molar-refractivity contribution in [3.63, 3.8) is 0 Å². The van der Waals surface area contributed by atoms with E-state index in [1.807, 2.05) is 0 Å². The minimum absolute atomic E-state index is 0.0641. The molecule has 0 aromatic rings. The lowest BCUT2D eigenvalue weighted by atomic mass is 9.40. The van der Waals surface area contributed by atoms with Crippen LogP contribution >= 0.6 is 0 Å². The Kier molecular flexibility index (Phi) is 3.63. The van der Waals surface area contributed by atoms with E-state index < -0.39 is 0 Å². The minimum atomic E-state index is -0.0641. The van der Waals surface area contributed by atoms with E-state index in [2.05, 4.69) is 26.1 Å². The largest absolute Gasteiger partial charge is 0.355 e. The number of carbonyl (C=O) groups is 1. The lowest BCUT2D eigenvalue weighted by molar-refractivity contribution is -0.170. The Bertz CT molecular complexity index is 415. The number of nitrogens with one attached hydrogen (secondary N) is 1.